The quantitative estimate of drug-likeness (QED) is 0.733. The monoisotopic (exact) mass is 375 g/mol. The zero-order valence-electron chi connectivity index (χ0n) is 14.5. The molecule has 2 rings (SSSR count). The van der Waals surface area contributed by atoms with Gasteiger partial charge in [0.1, 0.15) is 17.6 Å². The van der Waals surface area contributed by atoms with E-state index in [0.29, 0.717) is 16.0 Å². The summed E-state index contributed by atoms with van der Waals surface area (Å²) in [4.78, 5) is 36.8. The van der Waals surface area contributed by atoms with Gasteiger partial charge in [-0.2, -0.15) is 10.4 Å². The van der Waals surface area contributed by atoms with E-state index in [0.717, 1.165) is 11.3 Å². The van der Waals surface area contributed by atoms with Gasteiger partial charge in [0.2, 0.25) is 5.91 Å². The van der Waals surface area contributed by atoms with Gasteiger partial charge in [-0.15, -0.1) is 11.3 Å². The van der Waals surface area contributed by atoms with Gasteiger partial charge in [0, 0.05) is 13.2 Å². The van der Waals surface area contributed by atoms with E-state index in [9.17, 15) is 14.4 Å². The number of anilines is 1. The van der Waals surface area contributed by atoms with Gasteiger partial charge in [-0.05, 0) is 19.4 Å². The minimum absolute atomic E-state index is 0.143. The van der Waals surface area contributed by atoms with Gasteiger partial charge in [0.25, 0.3) is 5.91 Å². The molecule has 0 radical (unpaired) electrons. The average Bonchev–Trinajstić information content (AvgIpc) is 3.18. The van der Waals surface area contributed by atoms with E-state index in [4.69, 9.17) is 10.00 Å². The molecule has 10 heteroatoms. The topological polar surface area (TPSA) is 126 Å². The van der Waals surface area contributed by atoms with Crippen LogP contribution in [0.1, 0.15) is 38.1 Å². The second-order valence-corrected chi connectivity index (χ2v) is 6.17. The zero-order valence-corrected chi connectivity index (χ0v) is 15.3. The van der Waals surface area contributed by atoms with E-state index in [1.807, 2.05) is 6.07 Å². The van der Waals surface area contributed by atoms with Crippen molar-refractivity contribution in [3.8, 4) is 6.07 Å². The average molecular weight is 375 g/mol. The van der Waals surface area contributed by atoms with E-state index in [1.54, 1.807) is 13.8 Å². The number of thiophene rings is 1. The largest absolute Gasteiger partial charge is 0.462 e. The number of nitrogens with one attached hydrogen (secondary N) is 2. The van der Waals surface area contributed by atoms with Gasteiger partial charge >= 0.3 is 5.97 Å². The molecule has 0 spiro atoms. The molecule has 0 aliphatic carbocycles. The second-order valence-electron chi connectivity index (χ2n) is 5.15. The van der Waals surface area contributed by atoms with Crippen molar-refractivity contribution in [2.75, 3.05) is 19.0 Å². The normalized spacial score (nSPS) is 10.1. The Kier molecular flexibility index (Phi) is 6.08. The molecule has 2 N–H and O–H groups in total. The summed E-state index contributed by atoms with van der Waals surface area (Å²) in [7, 11) is 1.48. The highest BCUT2D eigenvalue weighted by atomic mass is 32.1. The standard InChI is InChI=1S/C16H17N5O4S/c1-4-25-16(24)12-9(2)13(14(23)18-3)26-15(12)20-11(22)8-21-7-10(5-17)6-19-21/h6-7H,4,8H2,1-3H3,(H,18,23)(H,20,22). The number of nitriles is 1. The van der Waals surface area contributed by atoms with Gasteiger partial charge in [0.15, 0.2) is 0 Å². The van der Waals surface area contributed by atoms with Gasteiger partial charge in [-0.1, -0.05) is 0 Å². The van der Waals surface area contributed by atoms with Crippen LogP contribution in [0.4, 0.5) is 5.00 Å². The molecular formula is C16H17N5O4S. The third-order valence-electron chi connectivity index (χ3n) is 3.38. The van der Waals surface area contributed by atoms with Crippen LogP contribution in [0.3, 0.4) is 0 Å². The predicted molar refractivity (Wildman–Crippen MR) is 94.0 cm³/mol. The Morgan fingerprint density at radius 1 is 1.42 bits per heavy atom. The molecule has 2 aromatic rings. The number of ether oxygens (including phenoxy) is 1. The molecule has 0 aliphatic rings. The van der Waals surface area contributed by atoms with Crippen LogP contribution in [0.5, 0.6) is 0 Å². The first-order valence-electron chi connectivity index (χ1n) is 7.66. The number of rotatable bonds is 6. The maximum atomic E-state index is 12.3. The number of amides is 2. The van der Waals surface area contributed by atoms with Gasteiger partial charge in [0.05, 0.1) is 28.8 Å². The molecule has 136 valence electrons. The smallest absolute Gasteiger partial charge is 0.341 e. The molecule has 2 aromatic heterocycles. The maximum absolute atomic E-state index is 12.3. The van der Waals surface area contributed by atoms with Crippen LogP contribution in [-0.4, -0.2) is 41.2 Å². The summed E-state index contributed by atoms with van der Waals surface area (Å²) in [5.41, 5.74) is 0.926. The minimum atomic E-state index is -0.613. The van der Waals surface area contributed by atoms with Crippen molar-refractivity contribution in [3.63, 3.8) is 0 Å². The summed E-state index contributed by atoms with van der Waals surface area (Å²) in [5, 5.41) is 18.0. The lowest BCUT2D eigenvalue weighted by atomic mass is 10.1. The van der Waals surface area contributed by atoms with Crippen molar-refractivity contribution in [1.82, 2.24) is 15.1 Å². The molecule has 9 nitrogen and oxygen atoms in total. The highest BCUT2D eigenvalue weighted by molar-refractivity contribution is 7.18. The van der Waals surface area contributed by atoms with Crippen LogP contribution in [0.15, 0.2) is 12.4 Å². The molecule has 26 heavy (non-hydrogen) atoms. The summed E-state index contributed by atoms with van der Waals surface area (Å²) >= 11 is 0.995. The molecule has 0 unspecified atom stereocenters. The first kappa shape index (κ1) is 19.1. The highest BCUT2D eigenvalue weighted by Crippen LogP contribution is 2.33. The molecule has 0 saturated carbocycles. The number of carbonyl (C=O) groups is 3. The Bertz CT molecular complexity index is 893. The summed E-state index contributed by atoms with van der Waals surface area (Å²) in [6, 6.07) is 1.92. The molecule has 0 saturated heterocycles. The Morgan fingerprint density at radius 2 is 2.15 bits per heavy atom. The van der Waals surface area contributed by atoms with E-state index in [1.165, 1.54) is 24.1 Å². The Balaban J connectivity index is 2.28. The van der Waals surface area contributed by atoms with Crippen LogP contribution in [0.25, 0.3) is 0 Å². The Hall–Kier alpha value is -3.19. The van der Waals surface area contributed by atoms with Gasteiger partial charge in [-0.25, -0.2) is 4.79 Å². The molecule has 0 aromatic carbocycles. The predicted octanol–water partition coefficient (Wildman–Crippen LogP) is 1.30. The minimum Gasteiger partial charge on any atom is -0.462 e. The number of hydrogen-bond donors (Lipinski definition) is 2. The van der Waals surface area contributed by atoms with Crippen LogP contribution < -0.4 is 10.6 Å². The van der Waals surface area contributed by atoms with Crippen molar-refractivity contribution >= 4 is 34.1 Å². The van der Waals surface area contributed by atoms with E-state index >= 15 is 0 Å². The second kappa shape index (κ2) is 8.26. The van der Waals surface area contributed by atoms with Crippen LogP contribution >= 0.6 is 11.3 Å². The maximum Gasteiger partial charge on any atom is 0.341 e. The zero-order chi connectivity index (χ0) is 19.3. The lowest BCUT2D eigenvalue weighted by Gasteiger charge is -2.07. The fourth-order valence-electron chi connectivity index (χ4n) is 2.20. The van der Waals surface area contributed by atoms with Gasteiger partial charge in [-0.3, -0.25) is 14.3 Å². The summed E-state index contributed by atoms with van der Waals surface area (Å²) < 4.78 is 6.33. The first-order valence-corrected chi connectivity index (χ1v) is 8.47. The SMILES string of the molecule is CCOC(=O)c1c(NC(=O)Cn2cc(C#N)cn2)sc(C(=O)NC)c1C. The van der Waals surface area contributed by atoms with Crippen molar-refractivity contribution < 1.29 is 19.1 Å². The number of nitrogens with zero attached hydrogens (tertiary/aromatic N) is 3. The Morgan fingerprint density at radius 3 is 2.73 bits per heavy atom. The summed E-state index contributed by atoms with van der Waals surface area (Å²) in [6.45, 7) is 3.31. The first-order chi connectivity index (χ1) is 12.4. The van der Waals surface area contributed by atoms with Crippen molar-refractivity contribution in [2.24, 2.45) is 0 Å². The van der Waals surface area contributed by atoms with Crippen LogP contribution in [-0.2, 0) is 16.1 Å². The Labute approximate surface area is 153 Å². The lowest BCUT2D eigenvalue weighted by molar-refractivity contribution is -0.116. The fourth-order valence-corrected chi connectivity index (χ4v) is 3.36. The molecule has 0 atom stereocenters. The molecule has 0 fully saturated rings. The van der Waals surface area contributed by atoms with Crippen molar-refractivity contribution in [1.29, 1.82) is 5.26 Å². The fraction of sp³-hybridized carbons (Fsp3) is 0.312. The van der Waals surface area contributed by atoms with Crippen LogP contribution in [0, 0.1) is 18.3 Å². The number of carbonyl (C=O) groups excluding carboxylic acids is 3. The highest BCUT2D eigenvalue weighted by Gasteiger charge is 2.26. The molecule has 2 heterocycles. The third-order valence-corrected chi connectivity index (χ3v) is 4.59. The number of esters is 1. The van der Waals surface area contributed by atoms with E-state index in [2.05, 4.69) is 15.7 Å². The summed E-state index contributed by atoms with van der Waals surface area (Å²) in [5.74, 6) is -1.42. The van der Waals surface area contributed by atoms with Crippen LogP contribution in [0.2, 0.25) is 0 Å². The number of hydrogen-bond acceptors (Lipinski definition) is 7. The molecule has 0 bridgehead atoms. The van der Waals surface area contributed by atoms with E-state index < -0.39 is 11.9 Å². The van der Waals surface area contributed by atoms with Crippen molar-refractivity contribution in [2.45, 2.75) is 20.4 Å². The summed E-state index contributed by atoms with van der Waals surface area (Å²) in [6.07, 6.45) is 2.78. The third kappa shape index (κ3) is 4.07. The van der Waals surface area contributed by atoms with Gasteiger partial charge < -0.3 is 15.4 Å². The molecule has 0 aliphatic heterocycles. The number of aromatic nitrogens is 2. The van der Waals surface area contributed by atoms with Crippen molar-refractivity contribution in [3.05, 3.63) is 34.0 Å². The van der Waals surface area contributed by atoms with E-state index in [-0.39, 0.29) is 29.6 Å². The molecular weight excluding hydrogens is 358 g/mol. The lowest BCUT2D eigenvalue weighted by Crippen LogP contribution is -2.20. The molecule has 2 amide bonds.